The molecule has 0 spiro atoms. The second kappa shape index (κ2) is 12.6. The van der Waals surface area contributed by atoms with Gasteiger partial charge in [-0.25, -0.2) is 0 Å². The van der Waals surface area contributed by atoms with Crippen LogP contribution in [0, 0.1) is 0 Å². The van der Waals surface area contributed by atoms with Crippen LogP contribution in [0.1, 0.15) is 54.4 Å². The number of amides is 1. The predicted molar refractivity (Wildman–Crippen MR) is 107 cm³/mol. The van der Waals surface area contributed by atoms with E-state index in [9.17, 15) is 9.59 Å². The lowest BCUT2D eigenvalue weighted by Gasteiger charge is -2.36. The van der Waals surface area contributed by atoms with E-state index in [2.05, 4.69) is 0 Å². The fourth-order valence-electron chi connectivity index (χ4n) is 3.67. The number of benzene rings is 1. The molecule has 1 amide bonds. The number of hydrogen-bond donors (Lipinski definition) is 0. The number of carbonyl (C=O) groups is 2. The second-order valence-electron chi connectivity index (χ2n) is 7.21. The van der Waals surface area contributed by atoms with Crippen LogP contribution in [0.3, 0.4) is 0 Å². The first-order chi connectivity index (χ1) is 13.7. The maximum absolute atomic E-state index is 12.8. The molecule has 1 aromatic carbocycles. The Labute approximate surface area is 168 Å². The summed E-state index contributed by atoms with van der Waals surface area (Å²) in [5.74, 6) is 0.0916. The molecular weight excluding hydrogens is 358 g/mol. The topological polar surface area (TPSA) is 65.1 Å². The van der Waals surface area contributed by atoms with Crippen molar-refractivity contribution in [1.82, 2.24) is 4.90 Å². The fourth-order valence-corrected chi connectivity index (χ4v) is 3.67. The molecule has 2 rings (SSSR count). The van der Waals surface area contributed by atoms with E-state index in [-0.39, 0.29) is 11.9 Å². The van der Waals surface area contributed by atoms with Crippen molar-refractivity contribution in [3.05, 3.63) is 35.4 Å². The van der Waals surface area contributed by atoms with E-state index in [1.807, 2.05) is 23.1 Å². The Morgan fingerprint density at radius 3 is 2.61 bits per heavy atom. The minimum atomic E-state index is -0.406. The van der Waals surface area contributed by atoms with E-state index in [1.54, 1.807) is 20.3 Å². The van der Waals surface area contributed by atoms with Crippen LogP contribution in [0.25, 0.3) is 0 Å². The van der Waals surface area contributed by atoms with Crippen molar-refractivity contribution >= 4 is 12.2 Å². The number of aldehydes is 1. The van der Waals surface area contributed by atoms with Crippen molar-refractivity contribution in [3.63, 3.8) is 0 Å². The number of hydrogen-bond acceptors (Lipinski definition) is 5. The van der Waals surface area contributed by atoms with Crippen LogP contribution < -0.4 is 0 Å². The molecule has 0 aromatic heterocycles. The molecular formula is C22H33NO5. The first-order valence-corrected chi connectivity index (χ1v) is 10.1. The Kier molecular flexibility index (Phi) is 10.2. The molecule has 0 radical (unpaired) electrons. The fraction of sp³-hybridized carbons (Fsp3) is 0.636. The summed E-state index contributed by atoms with van der Waals surface area (Å²) in [5, 5.41) is 0. The monoisotopic (exact) mass is 391 g/mol. The molecule has 0 atom stereocenters. The lowest BCUT2D eigenvalue weighted by molar-refractivity contribution is -0.151. The van der Waals surface area contributed by atoms with E-state index in [0.717, 1.165) is 44.0 Å². The quantitative estimate of drug-likeness (QED) is 0.311. The zero-order valence-corrected chi connectivity index (χ0v) is 17.1. The zero-order chi connectivity index (χ0) is 20.2. The number of nitrogens with zero attached hydrogens (tertiary/aromatic N) is 1. The Bertz CT molecular complexity index is 596. The van der Waals surface area contributed by atoms with Crippen molar-refractivity contribution in [2.75, 3.05) is 34.0 Å². The van der Waals surface area contributed by atoms with E-state index < -0.39 is 6.29 Å². The average molecular weight is 392 g/mol. The van der Waals surface area contributed by atoms with Crippen LogP contribution in [0.2, 0.25) is 0 Å². The molecule has 0 saturated heterocycles. The maximum Gasteiger partial charge on any atom is 0.225 e. The number of rotatable bonds is 12. The van der Waals surface area contributed by atoms with Gasteiger partial charge in [0.1, 0.15) is 6.29 Å². The van der Waals surface area contributed by atoms with Crippen molar-refractivity contribution in [2.24, 2.45) is 0 Å². The van der Waals surface area contributed by atoms with Gasteiger partial charge >= 0.3 is 0 Å². The molecule has 1 aliphatic rings. The number of carbonyl (C=O) groups excluding carboxylic acids is 2. The first-order valence-electron chi connectivity index (χ1n) is 10.1. The molecule has 6 heteroatoms. The molecule has 1 aliphatic carbocycles. The van der Waals surface area contributed by atoms with Gasteiger partial charge in [-0.1, -0.05) is 37.5 Å². The summed E-state index contributed by atoms with van der Waals surface area (Å²) in [5.41, 5.74) is 1.73. The molecule has 156 valence electrons. The van der Waals surface area contributed by atoms with Gasteiger partial charge in [-0.15, -0.1) is 0 Å². The molecule has 1 aromatic rings. The SMILES string of the molecule is COC(CN(C(=O)CCOCCc1cccc(C=O)c1)C1CCCCC1)OC. The van der Waals surface area contributed by atoms with Gasteiger partial charge in [0.2, 0.25) is 5.91 Å². The van der Waals surface area contributed by atoms with Crippen LogP contribution in [0.5, 0.6) is 0 Å². The second-order valence-corrected chi connectivity index (χ2v) is 7.21. The summed E-state index contributed by atoms with van der Waals surface area (Å²) in [6.45, 7) is 1.37. The lowest BCUT2D eigenvalue weighted by Crippen LogP contribution is -2.46. The van der Waals surface area contributed by atoms with Crippen molar-refractivity contribution in [2.45, 2.75) is 57.3 Å². The molecule has 0 unspecified atom stereocenters. The van der Waals surface area contributed by atoms with Crippen LogP contribution in [0.15, 0.2) is 24.3 Å². The minimum Gasteiger partial charge on any atom is -0.381 e. The molecule has 28 heavy (non-hydrogen) atoms. The van der Waals surface area contributed by atoms with Crippen LogP contribution in [-0.2, 0) is 25.4 Å². The highest BCUT2D eigenvalue weighted by Gasteiger charge is 2.27. The molecule has 1 fully saturated rings. The van der Waals surface area contributed by atoms with E-state index in [0.29, 0.717) is 31.7 Å². The Hall–Kier alpha value is -1.76. The third-order valence-corrected chi connectivity index (χ3v) is 5.29. The summed E-state index contributed by atoms with van der Waals surface area (Å²) in [4.78, 5) is 25.6. The summed E-state index contributed by atoms with van der Waals surface area (Å²) in [7, 11) is 3.20. The predicted octanol–water partition coefficient (Wildman–Crippen LogP) is 3.23. The molecule has 0 aliphatic heterocycles. The van der Waals surface area contributed by atoms with Gasteiger partial charge in [-0.05, 0) is 30.9 Å². The third-order valence-electron chi connectivity index (χ3n) is 5.29. The molecule has 1 saturated carbocycles. The number of ether oxygens (including phenoxy) is 3. The van der Waals surface area contributed by atoms with Crippen LogP contribution in [0.4, 0.5) is 0 Å². The standard InChI is InChI=1S/C22H33NO5/c1-26-22(27-2)16-23(20-9-4-3-5-10-20)21(25)12-14-28-13-11-18-7-6-8-19(15-18)17-24/h6-8,15,17,20,22H,3-5,9-14,16H2,1-2H3. The van der Waals surface area contributed by atoms with Crippen molar-refractivity contribution in [3.8, 4) is 0 Å². The van der Waals surface area contributed by atoms with Gasteiger partial charge in [0.15, 0.2) is 6.29 Å². The summed E-state index contributed by atoms with van der Waals surface area (Å²) in [6.07, 6.45) is 7.16. The van der Waals surface area contributed by atoms with Crippen molar-refractivity contribution < 1.29 is 23.8 Å². The van der Waals surface area contributed by atoms with Crippen molar-refractivity contribution in [1.29, 1.82) is 0 Å². The van der Waals surface area contributed by atoms with E-state index >= 15 is 0 Å². The first kappa shape index (κ1) is 22.5. The highest BCUT2D eigenvalue weighted by atomic mass is 16.7. The largest absolute Gasteiger partial charge is 0.381 e. The molecule has 0 bridgehead atoms. The van der Waals surface area contributed by atoms with Gasteiger partial charge in [0, 0.05) is 25.8 Å². The highest BCUT2D eigenvalue weighted by Crippen LogP contribution is 2.23. The van der Waals surface area contributed by atoms with Gasteiger partial charge in [0.05, 0.1) is 26.2 Å². The Morgan fingerprint density at radius 2 is 1.93 bits per heavy atom. The summed E-state index contributed by atoms with van der Waals surface area (Å²) < 4.78 is 16.3. The van der Waals surface area contributed by atoms with Crippen LogP contribution >= 0.6 is 0 Å². The van der Waals surface area contributed by atoms with Gasteiger partial charge in [-0.2, -0.15) is 0 Å². The average Bonchev–Trinajstić information content (AvgIpc) is 2.75. The molecule has 0 heterocycles. The molecule has 6 nitrogen and oxygen atoms in total. The van der Waals surface area contributed by atoms with Gasteiger partial charge < -0.3 is 19.1 Å². The summed E-state index contributed by atoms with van der Waals surface area (Å²) >= 11 is 0. The zero-order valence-electron chi connectivity index (χ0n) is 17.1. The third kappa shape index (κ3) is 7.34. The van der Waals surface area contributed by atoms with E-state index in [1.165, 1.54) is 6.42 Å². The molecule has 0 N–H and O–H groups in total. The number of methoxy groups -OCH3 is 2. The Morgan fingerprint density at radius 1 is 1.18 bits per heavy atom. The smallest absolute Gasteiger partial charge is 0.225 e. The highest BCUT2D eigenvalue weighted by molar-refractivity contribution is 5.76. The normalized spacial score (nSPS) is 15.0. The van der Waals surface area contributed by atoms with Gasteiger partial charge in [-0.3, -0.25) is 9.59 Å². The van der Waals surface area contributed by atoms with Crippen LogP contribution in [-0.4, -0.2) is 63.4 Å². The lowest BCUT2D eigenvalue weighted by atomic mass is 9.94. The maximum atomic E-state index is 12.8. The summed E-state index contributed by atoms with van der Waals surface area (Å²) in [6, 6.07) is 7.75. The van der Waals surface area contributed by atoms with Gasteiger partial charge in [0.25, 0.3) is 0 Å². The Balaban J connectivity index is 1.78. The minimum absolute atomic E-state index is 0.0916. The van der Waals surface area contributed by atoms with E-state index in [4.69, 9.17) is 14.2 Å².